The first-order valence-corrected chi connectivity index (χ1v) is 7.60. The van der Waals surface area contributed by atoms with Gasteiger partial charge in [-0.15, -0.1) is 0 Å². The summed E-state index contributed by atoms with van der Waals surface area (Å²) in [5.41, 5.74) is 3.05. The van der Waals surface area contributed by atoms with Crippen LogP contribution >= 0.6 is 0 Å². The second-order valence-electron chi connectivity index (χ2n) is 5.80. The van der Waals surface area contributed by atoms with Gasteiger partial charge in [0.05, 0.1) is 23.0 Å². The normalized spacial score (nSPS) is 13.9. The van der Waals surface area contributed by atoms with Gasteiger partial charge >= 0.3 is 0 Å². The number of carbonyl (C=O) groups excluding carboxylic acids is 2. The third-order valence-electron chi connectivity index (χ3n) is 3.93. The van der Waals surface area contributed by atoms with Crippen LogP contribution in [0.5, 0.6) is 0 Å². The number of benzene rings is 2. The highest BCUT2D eigenvalue weighted by Crippen LogP contribution is 2.31. The molecule has 0 saturated carbocycles. The number of aromatic amines is 1. The molecule has 0 unspecified atom stereocenters. The number of hydrazone groups is 1. The number of H-pyrrole nitrogens is 1. The van der Waals surface area contributed by atoms with Crippen molar-refractivity contribution >= 4 is 34.7 Å². The van der Waals surface area contributed by atoms with Gasteiger partial charge in [0.1, 0.15) is 11.0 Å². The molecule has 3 aromatic rings. The Morgan fingerprint density at radius 2 is 1.88 bits per heavy atom. The Hall–Kier alpha value is -3.55. The Morgan fingerprint density at radius 3 is 2.68 bits per heavy atom. The fraction of sp³-hybridized carbons (Fsp3) is 0.118. The third kappa shape index (κ3) is 2.35. The van der Waals surface area contributed by atoms with Gasteiger partial charge in [0, 0.05) is 19.7 Å². The number of fused-ring (bicyclic) bond motifs is 2. The van der Waals surface area contributed by atoms with E-state index in [1.807, 2.05) is 0 Å². The average Bonchev–Trinajstić information content (AvgIpc) is 3.16. The summed E-state index contributed by atoms with van der Waals surface area (Å²) >= 11 is 0. The van der Waals surface area contributed by atoms with E-state index >= 15 is 0 Å². The van der Waals surface area contributed by atoms with Crippen molar-refractivity contribution in [2.24, 2.45) is 5.10 Å². The Balaban J connectivity index is 1.81. The molecule has 8 nitrogen and oxygen atoms in total. The second-order valence-corrected chi connectivity index (χ2v) is 5.80. The molecule has 1 aliphatic rings. The van der Waals surface area contributed by atoms with E-state index in [1.54, 1.807) is 61.7 Å². The van der Waals surface area contributed by atoms with Crippen molar-refractivity contribution < 1.29 is 9.59 Å². The van der Waals surface area contributed by atoms with Crippen molar-refractivity contribution in [1.29, 1.82) is 0 Å². The number of imide groups is 1. The lowest BCUT2D eigenvalue weighted by Crippen LogP contribution is -2.29. The Kier molecular flexibility index (Phi) is 3.31. The van der Waals surface area contributed by atoms with E-state index in [9.17, 15) is 9.59 Å². The molecule has 1 aliphatic heterocycles. The lowest BCUT2D eigenvalue weighted by molar-refractivity contribution is 0.0926. The topological polar surface area (TPSA) is 94.6 Å². The highest BCUT2D eigenvalue weighted by molar-refractivity contribution is 6.36. The number of carbonyl (C=O) groups is 2. The van der Waals surface area contributed by atoms with E-state index in [1.165, 1.54) is 0 Å². The SMILES string of the molecule is CN(C)/N=C/c1cccc2c1C(=O)N(c1ccc3n[nH]nc3c1)C2=O. The van der Waals surface area contributed by atoms with Crippen molar-refractivity contribution in [3.8, 4) is 0 Å². The summed E-state index contributed by atoms with van der Waals surface area (Å²) in [5.74, 6) is -0.730. The molecule has 0 bridgehead atoms. The first kappa shape index (κ1) is 15.0. The smallest absolute Gasteiger partial charge is 0.266 e. The van der Waals surface area contributed by atoms with Crippen molar-refractivity contribution in [3.05, 3.63) is 53.1 Å². The van der Waals surface area contributed by atoms with E-state index in [-0.39, 0.29) is 11.8 Å². The van der Waals surface area contributed by atoms with Crippen LogP contribution < -0.4 is 4.90 Å². The first-order valence-electron chi connectivity index (χ1n) is 7.60. The highest BCUT2D eigenvalue weighted by Gasteiger charge is 2.38. The molecule has 0 radical (unpaired) electrons. The van der Waals surface area contributed by atoms with Gasteiger partial charge in [0.15, 0.2) is 0 Å². The monoisotopic (exact) mass is 334 g/mol. The quantitative estimate of drug-likeness (QED) is 0.446. The predicted molar refractivity (Wildman–Crippen MR) is 92.8 cm³/mol. The van der Waals surface area contributed by atoms with Crippen LogP contribution in [0.25, 0.3) is 11.0 Å². The molecule has 0 atom stereocenters. The molecule has 2 aromatic carbocycles. The van der Waals surface area contributed by atoms with Gasteiger partial charge in [0.25, 0.3) is 11.8 Å². The second kappa shape index (κ2) is 5.52. The van der Waals surface area contributed by atoms with Gasteiger partial charge in [-0.1, -0.05) is 12.1 Å². The Morgan fingerprint density at radius 1 is 1.08 bits per heavy atom. The number of rotatable bonds is 3. The Bertz CT molecular complexity index is 1040. The van der Waals surface area contributed by atoms with Gasteiger partial charge in [-0.05, 0) is 24.3 Å². The molecule has 124 valence electrons. The number of nitrogens with one attached hydrogen (secondary N) is 1. The van der Waals surface area contributed by atoms with Gasteiger partial charge in [-0.25, -0.2) is 4.90 Å². The zero-order valence-corrected chi connectivity index (χ0v) is 13.6. The largest absolute Gasteiger partial charge is 0.303 e. The van der Waals surface area contributed by atoms with Crippen molar-refractivity contribution in [1.82, 2.24) is 20.4 Å². The molecular weight excluding hydrogens is 320 g/mol. The molecule has 0 fully saturated rings. The van der Waals surface area contributed by atoms with Gasteiger partial charge in [-0.2, -0.15) is 20.5 Å². The van der Waals surface area contributed by atoms with Gasteiger partial charge < -0.3 is 5.01 Å². The van der Waals surface area contributed by atoms with Crippen LogP contribution in [0.1, 0.15) is 26.3 Å². The molecule has 1 aromatic heterocycles. The molecule has 8 heteroatoms. The summed E-state index contributed by atoms with van der Waals surface area (Å²) in [5, 5.41) is 16.3. The van der Waals surface area contributed by atoms with Crippen LogP contribution in [0.15, 0.2) is 41.5 Å². The highest BCUT2D eigenvalue weighted by atomic mass is 16.2. The van der Waals surface area contributed by atoms with E-state index in [4.69, 9.17) is 0 Å². The van der Waals surface area contributed by atoms with Crippen LogP contribution in [0.3, 0.4) is 0 Å². The number of hydrogen-bond donors (Lipinski definition) is 1. The molecule has 0 aliphatic carbocycles. The number of anilines is 1. The molecule has 0 spiro atoms. The molecule has 2 amide bonds. The zero-order valence-electron chi connectivity index (χ0n) is 13.6. The molecule has 1 N–H and O–H groups in total. The number of amides is 2. The molecule has 25 heavy (non-hydrogen) atoms. The fourth-order valence-corrected chi connectivity index (χ4v) is 2.80. The molecule has 0 saturated heterocycles. The summed E-state index contributed by atoms with van der Waals surface area (Å²) in [6.07, 6.45) is 1.58. The van der Waals surface area contributed by atoms with Crippen LogP contribution in [-0.2, 0) is 0 Å². The summed E-state index contributed by atoms with van der Waals surface area (Å²) < 4.78 is 0. The van der Waals surface area contributed by atoms with Crippen LogP contribution in [0.2, 0.25) is 0 Å². The average molecular weight is 334 g/mol. The van der Waals surface area contributed by atoms with Crippen molar-refractivity contribution in [2.75, 3.05) is 19.0 Å². The van der Waals surface area contributed by atoms with E-state index in [0.29, 0.717) is 33.4 Å². The maximum absolute atomic E-state index is 12.9. The van der Waals surface area contributed by atoms with Gasteiger partial charge in [-0.3, -0.25) is 9.59 Å². The van der Waals surface area contributed by atoms with E-state index in [2.05, 4.69) is 20.5 Å². The Labute approximate surface area is 142 Å². The van der Waals surface area contributed by atoms with Crippen LogP contribution in [0.4, 0.5) is 5.69 Å². The van der Waals surface area contributed by atoms with E-state index < -0.39 is 0 Å². The molecule has 2 heterocycles. The minimum atomic E-state index is -0.372. The third-order valence-corrected chi connectivity index (χ3v) is 3.93. The fourth-order valence-electron chi connectivity index (χ4n) is 2.80. The summed E-state index contributed by atoms with van der Waals surface area (Å²) in [6, 6.07) is 10.2. The van der Waals surface area contributed by atoms with E-state index in [0.717, 1.165) is 4.90 Å². The lowest BCUT2D eigenvalue weighted by Gasteiger charge is -2.13. The van der Waals surface area contributed by atoms with Crippen LogP contribution in [0, 0.1) is 0 Å². The van der Waals surface area contributed by atoms with Crippen molar-refractivity contribution in [2.45, 2.75) is 0 Å². The number of hydrogen-bond acceptors (Lipinski definition) is 6. The standard InChI is InChI=1S/C17H14N6O2/c1-22(2)18-9-10-4-3-5-12-15(10)17(25)23(16(12)24)11-6-7-13-14(8-11)20-21-19-13/h3-9H,1-2H3,(H,19,20,21)/b18-9+. The number of aromatic nitrogens is 3. The van der Waals surface area contributed by atoms with Crippen molar-refractivity contribution in [3.63, 3.8) is 0 Å². The number of nitrogens with zero attached hydrogens (tertiary/aromatic N) is 5. The molecule has 4 rings (SSSR count). The minimum Gasteiger partial charge on any atom is -0.303 e. The minimum absolute atomic E-state index is 0.358. The lowest BCUT2D eigenvalue weighted by atomic mass is 10.0. The zero-order chi connectivity index (χ0) is 17.6. The van der Waals surface area contributed by atoms with Crippen LogP contribution in [-0.4, -0.2) is 52.5 Å². The summed E-state index contributed by atoms with van der Waals surface area (Å²) in [4.78, 5) is 26.9. The maximum atomic E-state index is 12.9. The summed E-state index contributed by atoms with van der Waals surface area (Å²) in [7, 11) is 3.57. The molecular formula is C17H14N6O2. The first-order chi connectivity index (χ1) is 12.1. The maximum Gasteiger partial charge on any atom is 0.266 e. The van der Waals surface area contributed by atoms with Gasteiger partial charge in [0.2, 0.25) is 0 Å². The predicted octanol–water partition coefficient (Wildman–Crippen LogP) is 1.65. The summed E-state index contributed by atoms with van der Waals surface area (Å²) in [6.45, 7) is 0.